The molecule has 1 heterocycles. The van der Waals surface area contributed by atoms with E-state index >= 15 is 0 Å². The molecule has 1 saturated heterocycles. The fourth-order valence-electron chi connectivity index (χ4n) is 3.52. The van der Waals surface area contributed by atoms with Crippen molar-refractivity contribution in [3.8, 4) is 5.75 Å². The minimum absolute atomic E-state index is 0.124. The number of amides is 1. The van der Waals surface area contributed by atoms with Crippen molar-refractivity contribution < 1.29 is 27.3 Å². The largest absolute Gasteiger partial charge is 0.474 e. The molecular weight excluding hydrogens is 441 g/mol. The third-order valence-corrected chi connectivity index (χ3v) is 7.06. The molecule has 0 aromatic heterocycles. The Kier molecular flexibility index (Phi) is 7.09. The number of sulfonamides is 1. The first-order chi connectivity index (χ1) is 15.1. The number of likely N-dealkylation sites (N-methyl/N-ethyl adjacent to an activating group) is 1. The minimum atomic E-state index is -3.84. The number of hydrogen-bond donors (Lipinski definition) is 0. The molecule has 1 atom stereocenters. The van der Waals surface area contributed by atoms with E-state index in [1.54, 1.807) is 6.07 Å². The van der Waals surface area contributed by atoms with Crippen molar-refractivity contribution in [3.63, 3.8) is 0 Å². The molecule has 9 nitrogen and oxygen atoms in total. The number of hydrogen-bond acceptors (Lipinski definition) is 6. The first-order valence-electron chi connectivity index (χ1n) is 10.0. The highest BCUT2D eigenvalue weighted by molar-refractivity contribution is 7.89. The van der Waals surface area contributed by atoms with Gasteiger partial charge in [-0.05, 0) is 49.6 Å². The quantitative estimate of drug-likeness (QED) is 0.438. The van der Waals surface area contributed by atoms with Crippen LogP contribution in [0.5, 0.6) is 5.75 Å². The lowest BCUT2D eigenvalue weighted by Gasteiger charge is -2.22. The Balaban J connectivity index is 1.76. The second-order valence-electron chi connectivity index (χ2n) is 7.58. The molecule has 0 saturated carbocycles. The van der Waals surface area contributed by atoms with Gasteiger partial charge in [-0.1, -0.05) is 12.1 Å². The van der Waals surface area contributed by atoms with Gasteiger partial charge in [0.25, 0.3) is 5.91 Å². The number of carbonyl (C=O) groups is 1. The average Bonchev–Trinajstić information content (AvgIpc) is 3.29. The van der Waals surface area contributed by atoms with E-state index in [2.05, 4.69) is 0 Å². The molecule has 1 aliphatic heterocycles. The zero-order valence-electron chi connectivity index (χ0n) is 17.7. The van der Waals surface area contributed by atoms with Gasteiger partial charge in [-0.25, -0.2) is 12.8 Å². The maximum Gasteiger partial charge on any atom is 0.312 e. The van der Waals surface area contributed by atoms with Gasteiger partial charge in [-0.2, -0.15) is 4.31 Å². The Hall–Kier alpha value is -3.05. The molecule has 0 bridgehead atoms. The lowest BCUT2D eigenvalue weighted by atomic mass is 10.2. The van der Waals surface area contributed by atoms with E-state index in [1.165, 1.54) is 53.5 Å². The number of halogens is 1. The van der Waals surface area contributed by atoms with E-state index in [4.69, 9.17) is 4.74 Å². The molecule has 3 rings (SSSR count). The third kappa shape index (κ3) is 5.22. The molecule has 11 heteroatoms. The van der Waals surface area contributed by atoms with Crippen LogP contribution in [0.2, 0.25) is 0 Å². The minimum Gasteiger partial charge on any atom is -0.474 e. The highest BCUT2D eigenvalue weighted by atomic mass is 32.2. The van der Waals surface area contributed by atoms with Gasteiger partial charge in [0, 0.05) is 32.7 Å². The molecule has 32 heavy (non-hydrogen) atoms. The van der Waals surface area contributed by atoms with Crippen LogP contribution < -0.4 is 4.74 Å². The van der Waals surface area contributed by atoms with Crippen molar-refractivity contribution in [2.45, 2.75) is 37.3 Å². The van der Waals surface area contributed by atoms with Crippen LogP contribution in [0.15, 0.2) is 47.4 Å². The summed E-state index contributed by atoms with van der Waals surface area (Å²) in [7, 11) is -2.33. The van der Waals surface area contributed by atoms with Crippen LogP contribution >= 0.6 is 0 Å². The Bertz CT molecular complexity index is 1120. The molecule has 172 valence electrons. The molecule has 0 N–H and O–H groups in total. The number of nitro benzene ring substituents is 1. The molecule has 1 fully saturated rings. The summed E-state index contributed by atoms with van der Waals surface area (Å²) in [6, 6.07) is 9.19. The summed E-state index contributed by atoms with van der Waals surface area (Å²) in [6.45, 7) is 2.30. The highest BCUT2D eigenvalue weighted by Crippen LogP contribution is 2.32. The second kappa shape index (κ2) is 9.61. The fourth-order valence-corrected chi connectivity index (χ4v) is 5.05. The summed E-state index contributed by atoms with van der Waals surface area (Å²) in [5.41, 5.74) is 0.0354. The zero-order chi connectivity index (χ0) is 23.5. The van der Waals surface area contributed by atoms with Gasteiger partial charge in [0.2, 0.25) is 10.0 Å². The summed E-state index contributed by atoms with van der Waals surface area (Å²) < 4.78 is 45.6. The van der Waals surface area contributed by atoms with Crippen molar-refractivity contribution >= 4 is 21.6 Å². The van der Waals surface area contributed by atoms with Crippen molar-refractivity contribution in [3.05, 3.63) is 64.0 Å². The number of carbonyl (C=O) groups excluding carboxylic acids is 1. The standard InChI is InChI=1S/C21H24FN3O6S/c1-15(21(26)23(2)14-16-6-5-7-17(22)12-16)31-20-9-8-18(13-19(20)25(27)28)32(29,30)24-10-3-4-11-24/h5-9,12-13,15H,3-4,10-11,14H2,1-2H3. The van der Waals surface area contributed by atoms with Crippen molar-refractivity contribution in [2.24, 2.45) is 0 Å². The lowest BCUT2D eigenvalue weighted by molar-refractivity contribution is -0.386. The molecule has 2 aromatic carbocycles. The Morgan fingerprint density at radius 1 is 1.25 bits per heavy atom. The first-order valence-corrected chi connectivity index (χ1v) is 11.5. The number of nitrogens with zero attached hydrogens (tertiary/aromatic N) is 3. The molecule has 1 amide bonds. The normalized spacial score (nSPS) is 15.3. The molecular formula is C21H24FN3O6S. The Morgan fingerprint density at radius 3 is 2.56 bits per heavy atom. The van der Waals surface area contributed by atoms with E-state index < -0.39 is 38.5 Å². The predicted molar refractivity (Wildman–Crippen MR) is 114 cm³/mol. The number of ether oxygens (including phenoxy) is 1. The van der Waals surface area contributed by atoms with Crippen LogP contribution in [0, 0.1) is 15.9 Å². The van der Waals surface area contributed by atoms with Crippen molar-refractivity contribution in [1.29, 1.82) is 0 Å². The molecule has 2 aromatic rings. The van der Waals surface area contributed by atoms with E-state index in [1.807, 2.05) is 0 Å². The van der Waals surface area contributed by atoms with Crippen LogP contribution in [-0.2, 0) is 21.4 Å². The molecule has 1 unspecified atom stereocenters. The topological polar surface area (TPSA) is 110 Å². The van der Waals surface area contributed by atoms with E-state index in [9.17, 15) is 27.7 Å². The molecule has 1 aliphatic rings. The van der Waals surface area contributed by atoms with Crippen LogP contribution in [0.1, 0.15) is 25.3 Å². The maximum absolute atomic E-state index is 13.4. The van der Waals surface area contributed by atoms with Gasteiger partial charge in [0.15, 0.2) is 11.9 Å². The smallest absolute Gasteiger partial charge is 0.312 e. The second-order valence-corrected chi connectivity index (χ2v) is 9.52. The summed E-state index contributed by atoms with van der Waals surface area (Å²) in [6.07, 6.45) is 0.393. The van der Waals surface area contributed by atoms with Crippen LogP contribution in [0.4, 0.5) is 10.1 Å². The Labute approximate surface area is 185 Å². The van der Waals surface area contributed by atoms with Gasteiger partial charge >= 0.3 is 5.69 Å². The highest BCUT2D eigenvalue weighted by Gasteiger charge is 2.31. The van der Waals surface area contributed by atoms with Gasteiger partial charge < -0.3 is 9.64 Å². The lowest BCUT2D eigenvalue weighted by Crippen LogP contribution is -2.37. The number of rotatable bonds is 8. The van der Waals surface area contributed by atoms with Crippen LogP contribution in [-0.4, -0.2) is 54.7 Å². The van der Waals surface area contributed by atoms with Gasteiger partial charge in [0.05, 0.1) is 9.82 Å². The Morgan fingerprint density at radius 2 is 1.94 bits per heavy atom. The SMILES string of the molecule is CC(Oc1ccc(S(=O)(=O)N2CCCC2)cc1[N+](=O)[O-])C(=O)N(C)Cc1cccc(F)c1. The third-order valence-electron chi connectivity index (χ3n) is 5.17. The zero-order valence-corrected chi connectivity index (χ0v) is 18.5. The molecule has 0 aliphatic carbocycles. The molecule has 0 radical (unpaired) electrons. The number of nitro groups is 1. The van der Waals surface area contributed by atoms with E-state index in [0.717, 1.165) is 18.9 Å². The molecule has 0 spiro atoms. The van der Waals surface area contributed by atoms with Gasteiger partial charge in [-0.15, -0.1) is 0 Å². The monoisotopic (exact) mass is 465 g/mol. The van der Waals surface area contributed by atoms with Gasteiger partial charge in [-0.3, -0.25) is 14.9 Å². The summed E-state index contributed by atoms with van der Waals surface area (Å²) in [5, 5.41) is 11.6. The fraction of sp³-hybridized carbons (Fsp3) is 0.381. The summed E-state index contributed by atoms with van der Waals surface area (Å²) >= 11 is 0. The van der Waals surface area contributed by atoms with Crippen molar-refractivity contribution in [1.82, 2.24) is 9.21 Å². The predicted octanol–water partition coefficient (Wildman–Crippen LogP) is 2.94. The van der Waals surface area contributed by atoms with E-state index in [-0.39, 0.29) is 17.2 Å². The average molecular weight is 466 g/mol. The number of benzene rings is 2. The summed E-state index contributed by atoms with van der Waals surface area (Å²) in [4.78, 5) is 24.6. The van der Waals surface area contributed by atoms with E-state index in [0.29, 0.717) is 18.7 Å². The van der Waals surface area contributed by atoms with Gasteiger partial charge in [0.1, 0.15) is 5.82 Å². The van der Waals surface area contributed by atoms with Crippen molar-refractivity contribution in [2.75, 3.05) is 20.1 Å². The first kappa shape index (κ1) is 23.6. The van der Waals surface area contributed by atoms with Crippen LogP contribution in [0.3, 0.4) is 0 Å². The summed E-state index contributed by atoms with van der Waals surface area (Å²) in [5.74, 6) is -1.11. The van der Waals surface area contributed by atoms with Crippen LogP contribution in [0.25, 0.3) is 0 Å². The maximum atomic E-state index is 13.4.